The highest BCUT2D eigenvalue weighted by Crippen LogP contribution is 2.52. The highest BCUT2D eigenvalue weighted by Gasteiger charge is 2.41. The van der Waals surface area contributed by atoms with Gasteiger partial charge in [0.05, 0.1) is 24.1 Å². The van der Waals surface area contributed by atoms with E-state index in [1.54, 1.807) is 6.07 Å². The fourth-order valence-corrected chi connectivity index (χ4v) is 6.72. The Morgan fingerprint density at radius 2 is 1.87 bits per heavy atom. The van der Waals surface area contributed by atoms with Crippen LogP contribution in [0.1, 0.15) is 83.4 Å². The van der Waals surface area contributed by atoms with Crippen LogP contribution in [0, 0.1) is 11.8 Å². The number of hydrogen-bond acceptors (Lipinski definition) is 5. The van der Waals surface area contributed by atoms with Crippen LogP contribution in [-0.4, -0.2) is 30.0 Å². The van der Waals surface area contributed by atoms with Crippen LogP contribution in [0.25, 0.3) is 5.57 Å². The van der Waals surface area contributed by atoms with E-state index in [-0.39, 0.29) is 28.9 Å². The number of hydrogen-bond donors (Lipinski definition) is 1. The van der Waals surface area contributed by atoms with Crippen molar-refractivity contribution in [1.82, 2.24) is 0 Å². The largest absolute Gasteiger partial charge is 0.465 e. The van der Waals surface area contributed by atoms with Gasteiger partial charge in [0.1, 0.15) is 5.75 Å². The molecule has 0 aromatic heterocycles. The molecule has 8 heteroatoms. The predicted octanol–water partition coefficient (Wildman–Crippen LogP) is 9.13. The molecule has 0 saturated carbocycles. The maximum atomic E-state index is 14.5. The van der Waals surface area contributed by atoms with Crippen molar-refractivity contribution in [3.05, 3.63) is 101 Å². The molecule has 0 spiro atoms. The number of carbonyl (C=O) groups is 1. The van der Waals surface area contributed by atoms with Crippen LogP contribution >= 0.6 is 0 Å². The lowest BCUT2D eigenvalue weighted by molar-refractivity contribution is -0.147. The van der Waals surface area contributed by atoms with Crippen molar-refractivity contribution in [3.63, 3.8) is 0 Å². The highest BCUT2D eigenvalue weighted by atomic mass is 19.4. The standard InChI is InChI=1S/C38H44F3NO4/c1-23(2)35(43)45-20-19-25-11-13-26(14-12-25)42(28-16-18-34(46-36(44)24(3)4)33(22-28)38(39,40)41)27-15-17-30-29-9-7-8-10-31(29)37(5,6)32(30)21-27/h7-10,13,16-18,21-23,25,27,36,44H,3,11-12,14-15,19-20H2,1-2,4-6H3. The number of halogens is 3. The number of carbonyl (C=O) groups excluding carboxylic acids is 1. The minimum absolute atomic E-state index is 0.175. The van der Waals surface area contributed by atoms with Crippen molar-refractivity contribution in [2.75, 3.05) is 11.5 Å². The van der Waals surface area contributed by atoms with E-state index in [0.29, 0.717) is 31.1 Å². The van der Waals surface area contributed by atoms with Gasteiger partial charge in [0.2, 0.25) is 6.29 Å². The molecule has 0 saturated heterocycles. The number of esters is 1. The Hall–Kier alpha value is -3.78. The smallest absolute Gasteiger partial charge is 0.420 e. The molecule has 0 bridgehead atoms. The number of aliphatic hydroxyl groups excluding tert-OH is 1. The average Bonchev–Trinajstić information content (AvgIpc) is 3.24. The number of aliphatic hydroxyl groups is 1. The number of fused-ring (bicyclic) bond motifs is 3. The molecule has 3 aliphatic rings. The van der Waals surface area contributed by atoms with Gasteiger partial charge in [-0.05, 0) is 91.0 Å². The van der Waals surface area contributed by atoms with Crippen LogP contribution in [0.3, 0.4) is 0 Å². The van der Waals surface area contributed by atoms with Crippen molar-refractivity contribution in [2.45, 2.75) is 90.6 Å². The van der Waals surface area contributed by atoms with Gasteiger partial charge >= 0.3 is 12.1 Å². The third-order valence-corrected chi connectivity index (χ3v) is 9.36. The molecular formula is C38H44F3NO4. The molecule has 3 aliphatic carbocycles. The first-order chi connectivity index (χ1) is 21.7. The summed E-state index contributed by atoms with van der Waals surface area (Å²) in [6.07, 6.45) is 3.94. The molecule has 0 heterocycles. The molecule has 3 atom stereocenters. The van der Waals surface area contributed by atoms with Crippen molar-refractivity contribution in [2.24, 2.45) is 11.8 Å². The van der Waals surface area contributed by atoms with Crippen LogP contribution in [0.15, 0.2) is 84.1 Å². The van der Waals surface area contributed by atoms with Gasteiger partial charge in [0.15, 0.2) is 0 Å². The summed E-state index contributed by atoms with van der Waals surface area (Å²) < 4.78 is 54.1. The molecule has 246 valence electrons. The normalized spacial score (nSPS) is 21.0. The van der Waals surface area contributed by atoms with Crippen LogP contribution in [0.5, 0.6) is 5.75 Å². The van der Waals surface area contributed by atoms with E-state index in [1.807, 2.05) is 30.9 Å². The summed E-state index contributed by atoms with van der Waals surface area (Å²) >= 11 is 0. The lowest BCUT2D eigenvalue weighted by Crippen LogP contribution is -2.36. The number of alkyl halides is 3. The summed E-state index contributed by atoms with van der Waals surface area (Å²) in [6, 6.07) is 12.2. The number of benzene rings is 2. The Morgan fingerprint density at radius 3 is 2.52 bits per heavy atom. The lowest BCUT2D eigenvalue weighted by Gasteiger charge is -2.39. The second kappa shape index (κ2) is 13.1. The van der Waals surface area contributed by atoms with Crippen LogP contribution in [0.2, 0.25) is 0 Å². The molecule has 5 nitrogen and oxygen atoms in total. The van der Waals surface area contributed by atoms with Crippen LogP contribution < -0.4 is 9.64 Å². The quantitative estimate of drug-likeness (QED) is 0.160. The average molecular weight is 636 g/mol. The molecule has 1 N–H and O–H groups in total. The Balaban J connectivity index is 1.50. The second-order valence-electron chi connectivity index (χ2n) is 13.5. The number of nitrogens with zero attached hydrogens (tertiary/aromatic N) is 1. The van der Waals surface area contributed by atoms with E-state index >= 15 is 0 Å². The summed E-state index contributed by atoms with van der Waals surface area (Å²) in [5, 5.41) is 10.2. The predicted molar refractivity (Wildman–Crippen MR) is 175 cm³/mol. The third kappa shape index (κ3) is 6.82. The Morgan fingerprint density at radius 1 is 1.13 bits per heavy atom. The minimum atomic E-state index is -4.71. The molecule has 0 fully saturated rings. The lowest BCUT2D eigenvalue weighted by atomic mass is 9.79. The number of ether oxygens (including phenoxy) is 2. The summed E-state index contributed by atoms with van der Waals surface area (Å²) in [7, 11) is 0. The van der Waals surface area contributed by atoms with Gasteiger partial charge in [-0.2, -0.15) is 13.2 Å². The molecule has 2 aromatic carbocycles. The summed E-state index contributed by atoms with van der Waals surface area (Å²) in [4.78, 5) is 14.0. The fraction of sp³-hybridized carbons (Fsp3) is 0.447. The maximum absolute atomic E-state index is 14.5. The third-order valence-electron chi connectivity index (χ3n) is 9.36. The minimum Gasteiger partial charge on any atom is -0.465 e. The summed E-state index contributed by atoms with van der Waals surface area (Å²) in [5.41, 5.74) is 5.20. The first-order valence-electron chi connectivity index (χ1n) is 16.1. The van der Waals surface area contributed by atoms with Gasteiger partial charge in [-0.25, -0.2) is 0 Å². The highest BCUT2D eigenvalue weighted by molar-refractivity contribution is 5.90. The Kier molecular flexibility index (Phi) is 9.60. The van der Waals surface area contributed by atoms with E-state index in [4.69, 9.17) is 9.47 Å². The fourth-order valence-electron chi connectivity index (χ4n) is 6.72. The van der Waals surface area contributed by atoms with Crippen molar-refractivity contribution in [3.8, 4) is 5.75 Å². The number of anilines is 1. The number of rotatable bonds is 10. The first-order valence-corrected chi connectivity index (χ1v) is 16.1. The van der Waals surface area contributed by atoms with Crippen molar-refractivity contribution >= 4 is 17.2 Å². The van der Waals surface area contributed by atoms with Gasteiger partial charge in [-0.15, -0.1) is 0 Å². The van der Waals surface area contributed by atoms with Gasteiger partial charge in [0.25, 0.3) is 0 Å². The Labute approximate surface area is 270 Å². The molecule has 2 aromatic rings. The zero-order chi connectivity index (χ0) is 33.4. The second-order valence-corrected chi connectivity index (χ2v) is 13.5. The van der Waals surface area contributed by atoms with Crippen molar-refractivity contribution in [1.29, 1.82) is 0 Å². The zero-order valence-electron chi connectivity index (χ0n) is 27.3. The molecule has 0 radical (unpaired) electrons. The molecule has 46 heavy (non-hydrogen) atoms. The zero-order valence-corrected chi connectivity index (χ0v) is 27.3. The van der Waals surface area contributed by atoms with Crippen LogP contribution in [0.4, 0.5) is 18.9 Å². The van der Waals surface area contributed by atoms with Crippen LogP contribution in [-0.2, 0) is 21.1 Å². The van der Waals surface area contributed by atoms with Gasteiger partial charge in [0, 0.05) is 16.8 Å². The molecule has 3 unspecified atom stereocenters. The summed E-state index contributed by atoms with van der Waals surface area (Å²) in [6.45, 7) is 13.5. The van der Waals surface area contributed by atoms with E-state index in [2.05, 4.69) is 50.8 Å². The molecule has 5 rings (SSSR count). The van der Waals surface area contributed by atoms with Gasteiger partial charge in [-0.1, -0.05) is 76.8 Å². The maximum Gasteiger partial charge on any atom is 0.420 e. The van der Waals surface area contributed by atoms with E-state index < -0.39 is 23.8 Å². The van der Waals surface area contributed by atoms with Crippen molar-refractivity contribution < 1.29 is 32.5 Å². The first kappa shape index (κ1) is 33.6. The SMILES string of the molecule is C=C(C)C(O)Oc1ccc(N(C2=CCC(CCOC(=O)C(C)C)CC2)C2C=C3C(=CC2)c2ccccc2C3(C)C)cc1C(F)(F)F. The summed E-state index contributed by atoms with van der Waals surface area (Å²) in [5.74, 6) is -0.519. The Bertz CT molecular complexity index is 1580. The van der Waals surface area contributed by atoms with E-state index in [1.165, 1.54) is 35.3 Å². The van der Waals surface area contributed by atoms with Gasteiger partial charge in [-0.3, -0.25) is 4.79 Å². The van der Waals surface area contributed by atoms with E-state index in [0.717, 1.165) is 31.0 Å². The monoisotopic (exact) mass is 635 g/mol. The topological polar surface area (TPSA) is 59.0 Å². The van der Waals surface area contributed by atoms with Gasteiger partial charge < -0.3 is 19.5 Å². The number of allylic oxidation sites excluding steroid dienone is 4. The molecule has 0 amide bonds. The molecular weight excluding hydrogens is 591 g/mol. The molecule has 0 aliphatic heterocycles. The van der Waals surface area contributed by atoms with E-state index in [9.17, 15) is 23.1 Å².